The highest BCUT2D eigenvalue weighted by Gasteiger charge is 2.40. The summed E-state index contributed by atoms with van der Waals surface area (Å²) < 4.78 is 38.2. The molecule has 10 heteroatoms. The van der Waals surface area contributed by atoms with Crippen molar-refractivity contribution in [2.24, 2.45) is 0 Å². The van der Waals surface area contributed by atoms with Gasteiger partial charge in [-0.15, -0.1) is 11.3 Å². The molecule has 2 aromatic carbocycles. The Balaban J connectivity index is 1.57. The van der Waals surface area contributed by atoms with Crippen LogP contribution in [0.2, 0.25) is 0 Å². The number of nitrogens with zero attached hydrogens (tertiary/aromatic N) is 4. The van der Waals surface area contributed by atoms with Crippen molar-refractivity contribution in [1.82, 2.24) is 15.3 Å². The van der Waals surface area contributed by atoms with Crippen molar-refractivity contribution in [1.29, 1.82) is 5.26 Å². The zero-order valence-corrected chi connectivity index (χ0v) is 18.7. The average molecular weight is 477 g/mol. The second kappa shape index (κ2) is 7.06. The molecular formula is C24H18F2N6OS. The maximum atomic E-state index is 16.4. The third kappa shape index (κ3) is 2.54. The number of nitriles is 1. The Morgan fingerprint density at radius 3 is 2.79 bits per heavy atom. The summed E-state index contributed by atoms with van der Waals surface area (Å²) in [5.74, 6) is -0.556. The van der Waals surface area contributed by atoms with E-state index in [4.69, 9.17) is 10.5 Å². The van der Waals surface area contributed by atoms with E-state index >= 15 is 8.78 Å². The molecule has 3 aliphatic rings. The molecule has 34 heavy (non-hydrogen) atoms. The first-order valence-electron chi connectivity index (χ1n) is 11.0. The van der Waals surface area contributed by atoms with Crippen molar-refractivity contribution in [3.8, 4) is 17.2 Å². The second-order valence-electron chi connectivity index (χ2n) is 8.96. The normalized spacial score (nSPS) is 21.0. The van der Waals surface area contributed by atoms with Crippen LogP contribution < -0.4 is 16.0 Å². The minimum atomic E-state index is -0.634. The highest BCUT2D eigenvalue weighted by Crippen LogP contribution is 2.47. The van der Waals surface area contributed by atoms with Crippen LogP contribution in [0.15, 0.2) is 18.5 Å². The Morgan fingerprint density at radius 1 is 1.18 bits per heavy atom. The van der Waals surface area contributed by atoms with E-state index in [0.717, 1.165) is 25.1 Å². The fourth-order valence-corrected chi connectivity index (χ4v) is 6.71. The van der Waals surface area contributed by atoms with E-state index in [-0.39, 0.29) is 40.4 Å². The molecular weight excluding hydrogens is 458 g/mol. The number of thiophene rings is 1. The molecule has 5 heterocycles. The first-order valence-corrected chi connectivity index (χ1v) is 11.8. The quantitative estimate of drug-likeness (QED) is 0.454. The molecule has 3 N–H and O–H groups in total. The van der Waals surface area contributed by atoms with Crippen LogP contribution in [0.1, 0.15) is 23.1 Å². The van der Waals surface area contributed by atoms with Gasteiger partial charge in [-0.3, -0.25) is 0 Å². The summed E-state index contributed by atoms with van der Waals surface area (Å²) in [5.41, 5.74) is 7.81. The minimum absolute atomic E-state index is 0.0349. The second-order valence-corrected chi connectivity index (χ2v) is 10.0. The van der Waals surface area contributed by atoms with Gasteiger partial charge in [0, 0.05) is 46.4 Å². The van der Waals surface area contributed by atoms with Gasteiger partial charge in [-0.2, -0.15) is 5.26 Å². The molecule has 0 radical (unpaired) electrons. The van der Waals surface area contributed by atoms with Crippen LogP contribution in [0.4, 0.5) is 19.6 Å². The Bertz CT molecular complexity index is 1580. The summed E-state index contributed by atoms with van der Waals surface area (Å²) in [7, 11) is 0. The lowest BCUT2D eigenvalue weighted by atomic mass is 9.90. The van der Waals surface area contributed by atoms with Crippen LogP contribution >= 0.6 is 11.3 Å². The average Bonchev–Trinajstić information content (AvgIpc) is 3.63. The zero-order valence-electron chi connectivity index (χ0n) is 17.9. The predicted molar refractivity (Wildman–Crippen MR) is 125 cm³/mol. The molecule has 0 aliphatic carbocycles. The van der Waals surface area contributed by atoms with Gasteiger partial charge in [0.15, 0.2) is 5.82 Å². The molecule has 2 fully saturated rings. The summed E-state index contributed by atoms with van der Waals surface area (Å²) in [4.78, 5) is 11.1. The predicted octanol–water partition coefficient (Wildman–Crippen LogP) is 3.82. The smallest absolute Gasteiger partial charge is 0.157 e. The van der Waals surface area contributed by atoms with E-state index in [2.05, 4.69) is 26.3 Å². The number of piperazine rings is 1. The molecule has 2 bridgehead atoms. The Hall–Kier alpha value is -3.39. The van der Waals surface area contributed by atoms with Crippen molar-refractivity contribution < 1.29 is 13.5 Å². The number of hydrogen-bond acceptors (Lipinski definition) is 8. The fourth-order valence-electron chi connectivity index (χ4n) is 5.79. The van der Waals surface area contributed by atoms with Crippen LogP contribution in [-0.2, 0) is 18.0 Å². The number of fused-ring (bicyclic) bond motifs is 6. The first-order chi connectivity index (χ1) is 16.6. The molecule has 2 atom stereocenters. The van der Waals surface area contributed by atoms with Gasteiger partial charge < -0.3 is 20.7 Å². The topological polar surface area (TPSA) is 100 Å². The molecule has 3 aliphatic heterocycles. The van der Waals surface area contributed by atoms with Gasteiger partial charge in [-0.25, -0.2) is 18.7 Å². The van der Waals surface area contributed by atoms with Crippen molar-refractivity contribution in [3.63, 3.8) is 0 Å². The molecule has 0 spiro atoms. The molecule has 2 aromatic heterocycles. The number of nitrogens with one attached hydrogen (secondary N) is 1. The number of aromatic nitrogens is 2. The third-order valence-electron chi connectivity index (χ3n) is 7.24. The van der Waals surface area contributed by atoms with Gasteiger partial charge in [-0.1, -0.05) is 0 Å². The van der Waals surface area contributed by atoms with Crippen LogP contribution in [0.25, 0.3) is 32.1 Å². The summed E-state index contributed by atoms with van der Waals surface area (Å²) in [6.45, 7) is 2.05. The van der Waals surface area contributed by atoms with Crippen molar-refractivity contribution in [3.05, 3.63) is 46.8 Å². The number of ether oxygens (including phenoxy) is 1. The molecule has 2 saturated heterocycles. The van der Waals surface area contributed by atoms with E-state index in [0.29, 0.717) is 38.9 Å². The molecule has 0 amide bonds. The van der Waals surface area contributed by atoms with E-state index in [1.807, 2.05) is 0 Å². The van der Waals surface area contributed by atoms with Crippen molar-refractivity contribution in [2.75, 3.05) is 23.7 Å². The largest absolute Gasteiger partial charge is 0.389 e. The van der Waals surface area contributed by atoms with Crippen LogP contribution in [0.3, 0.4) is 0 Å². The first kappa shape index (κ1) is 20.0. The van der Waals surface area contributed by atoms with Crippen molar-refractivity contribution in [2.45, 2.75) is 31.7 Å². The summed E-state index contributed by atoms with van der Waals surface area (Å²) in [6.07, 6.45) is 2.39. The lowest BCUT2D eigenvalue weighted by Crippen LogP contribution is -2.44. The van der Waals surface area contributed by atoms with Crippen LogP contribution in [0, 0.1) is 23.0 Å². The molecule has 0 unspecified atom stereocenters. The highest BCUT2D eigenvalue weighted by atomic mass is 32.1. The lowest BCUT2D eigenvalue weighted by molar-refractivity contribution is 0.135. The molecule has 0 saturated carbocycles. The van der Waals surface area contributed by atoms with Gasteiger partial charge in [0.2, 0.25) is 0 Å². The van der Waals surface area contributed by atoms with Crippen LogP contribution in [-0.4, -0.2) is 35.1 Å². The monoisotopic (exact) mass is 476 g/mol. The number of rotatable bonds is 2. The number of nitrogens with two attached hydrogens (primary N) is 1. The van der Waals surface area contributed by atoms with E-state index in [1.165, 1.54) is 23.7 Å². The van der Waals surface area contributed by atoms with Gasteiger partial charge in [0.25, 0.3) is 0 Å². The lowest BCUT2D eigenvalue weighted by Gasteiger charge is -2.30. The standard InChI is InChI=1S/C24H18F2N6OS/c25-15-1-2-16-17(12(4-27)23(28)34-16)20(15)18-13-7-33-8-14(13)19-22(21(18)26)30-9-31-24(19)32-6-10-3-11(32)5-29-10/h1-2,9-11,29H,3,5-8,28H2/t10-,11-/m1/s1. The summed E-state index contributed by atoms with van der Waals surface area (Å²) in [5, 5.41) is 14.4. The molecule has 7 nitrogen and oxygen atoms in total. The Kier molecular flexibility index (Phi) is 4.16. The zero-order chi connectivity index (χ0) is 23.1. The third-order valence-corrected chi connectivity index (χ3v) is 8.22. The fraction of sp³-hybridized carbons (Fsp3) is 0.292. The van der Waals surface area contributed by atoms with Crippen LogP contribution in [0.5, 0.6) is 0 Å². The molecule has 4 aromatic rings. The van der Waals surface area contributed by atoms with E-state index in [9.17, 15) is 5.26 Å². The van der Waals surface area contributed by atoms with Gasteiger partial charge in [0.05, 0.1) is 24.2 Å². The molecule has 170 valence electrons. The number of nitrogen functional groups attached to an aromatic ring is 1. The maximum absolute atomic E-state index is 16.4. The SMILES string of the molecule is N#Cc1c(N)sc2ccc(F)c(-c3c4c(c5c(N6C[C@H]7C[C@@H]6CN7)ncnc5c3F)COC4)c12. The number of anilines is 2. The van der Waals surface area contributed by atoms with Gasteiger partial charge >= 0.3 is 0 Å². The van der Waals surface area contributed by atoms with Gasteiger partial charge in [-0.05, 0) is 29.7 Å². The number of benzene rings is 2. The van der Waals surface area contributed by atoms with Gasteiger partial charge in [0.1, 0.15) is 34.5 Å². The summed E-state index contributed by atoms with van der Waals surface area (Å²) in [6, 6.07) is 5.62. The number of halogens is 2. The minimum Gasteiger partial charge on any atom is -0.389 e. The van der Waals surface area contributed by atoms with E-state index in [1.54, 1.807) is 6.07 Å². The molecule has 7 rings (SSSR count). The Labute approximate surface area is 196 Å². The Morgan fingerprint density at radius 2 is 2.03 bits per heavy atom. The highest BCUT2D eigenvalue weighted by molar-refractivity contribution is 7.23. The van der Waals surface area contributed by atoms with E-state index < -0.39 is 11.6 Å². The number of hydrogen-bond donors (Lipinski definition) is 2. The maximum Gasteiger partial charge on any atom is 0.157 e. The summed E-state index contributed by atoms with van der Waals surface area (Å²) >= 11 is 1.19. The van der Waals surface area contributed by atoms with Crippen molar-refractivity contribution >= 4 is 43.1 Å².